The van der Waals surface area contributed by atoms with Gasteiger partial charge in [0.25, 0.3) is 0 Å². The van der Waals surface area contributed by atoms with Crippen LogP contribution in [0.2, 0.25) is 0 Å². The fourth-order valence-electron chi connectivity index (χ4n) is 1.69. The predicted octanol–water partition coefficient (Wildman–Crippen LogP) is 2.98. The third-order valence-corrected chi connectivity index (χ3v) is 2.46. The Morgan fingerprint density at radius 3 is 2.60 bits per heavy atom. The standard InChI is InChI=1S/C13H12O2/c1-2-4-9-7-8-10-11(13(9)15)5-3-6-12(10)14/h2-3,5-8,14-15H,1,4H2. The van der Waals surface area contributed by atoms with E-state index < -0.39 is 0 Å². The highest BCUT2D eigenvalue weighted by Crippen LogP contribution is 2.33. The number of phenolic OH excluding ortho intramolecular Hbond substituents is 2. The van der Waals surface area contributed by atoms with Crippen LogP contribution >= 0.6 is 0 Å². The Morgan fingerprint density at radius 2 is 1.87 bits per heavy atom. The molecule has 2 rings (SSSR count). The van der Waals surface area contributed by atoms with Crippen molar-refractivity contribution in [1.29, 1.82) is 0 Å². The largest absolute Gasteiger partial charge is 0.507 e. The van der Waals surface area contributed by atoms with Gasteiger partial charge in [0.05, 0.1) is 0 Å². The normalized spacial score (nSPS) is 10.4. The van der Waals surface area contributed by atoms with Gasteiger partial charge in [0.2, 0.25) is 0 Å². The molecule has 0 unspecified atom stereocenters. The van der Waals surface area contributed by atoms with Crippen molar-refractivity contribution in [2.75, 3.05) is 0 Å². The minimum Gasteiger partial charge on any atom is -0.507 e. The van der Waals surface area contributed by atoms with Crippen LogP contribution in [0.15, 0.2) is 43.0 Å². The second-order valence-corrected chi connectivity index (χ2v) is 3.44. The summed E-state index contributed by atoms with van der Waals surface area (Å²) < 4.78 is 0. The Hall–Kier alpha value is -1.96. The molecule has 15 heavy (non-hydrogen) atoms. The molecule has 0 aliphatic heterocycles. The number of benzene rings is 2. The van der Waals surface area contributed by atoms with Crippen LogP contribution in [0, 0.1) is 0 Å². The molecule has 0 atom stereocenters. The molecule has 0 aliphatic rings. The first-order chi connectivity index (χ1) is 7.24. The first-order valence-corrected chi connectivity index (χ1v) is 4.77. The predicted molar refractivity (Wildman–Crippen MR) is 61.2 cm³/mol. The number of aromatic hydroxyl groups is 2. The lowest BCUT2D eigenvalue weighted by atomic mass is 10.0. The smallest absolute Gasteiger partial charge is 0.127 e. The van der Waals surface area contributed by atoms with E-state index in [1.807, 2.05) is 6.07 Å². The molecule has 2 aromatic rings. The van der Waals surface area contributed by atoms with Crippen molar-refractivity contribution < 1.29 is 10.2 Å². The van der Waals surface area contributed by atoms with Crippen molar-refractivity contribution in [3.63, 3.8) is 0 Å². The Balaban J connectivity index is 2.73. The topological polar surface area (TPSA) is 40.5 Å². The van der Waals surface area contributed by atoms with Crippen LogP contribution in [0.5, 0.6) is 11.5 Å². The van der Waals surface area contributed by atoms with Gasteiger partial charge < -0.3 is 10.2 Å². The van der Waals surface area contributed by atoms with E-state index in [0.29, 0.717) is 17.2 Å². The van der Waals surface area contributed by atoms with E-state index in [4.69, 9.17) is 0 Å². The van der Waals surface area contributed by atoms with E-state index >= 15 is 0 Å². The molecule has 0 saturated heterocycles. The van der Waals surface area contributed by atoms with Gasteiger partial charge in [-0.2, -0.15) is 0 Å². The minimum atomic E-state index is 0.188. The second kappa shape index (κ2) is 3.65. The highest BCUT2D eigenvalue weighted by molar-refractivity contribution is 5.93. The first-order valence-electron chi connectivity index (χ1n) is 4.77. The van der Waals surface area contributed by atoms with Crippen LogP contribution in [0.4, 0.5) is 0 Å². The van der Waals surface area contributed by atoms with Crippen LogP contribution in [0.25, 0.3) is 10.8 Å². The van der Waals surface area contributed by atoms with Crippen LogP contribution in [0.3, 0.4) is 0 Å². The summed E-state index contributed by atoms with van der Waals surface area (Å²) in [5.41, 5.74) is 0.822. The van der Waals surface area contributed by atoms with E-state index in [1.54, 1.807) is 30.3 Å². The summed E-state index contributed by atoms with van der Waals surface area (Å²) in [6.45, 7) is 3.63. The number of allylic oxidation sites excluding steroid dienone is 1. The molecular formula is C13H12O2. The lowest BCUT2D eigenvalue weighted by molar-refractivity contribution is 0.472. The van der Waals surface area contributed by atoms with Crippen molar-refractivity contribution in [2.24, 2.45) is 0 Å². The number of fused-ring (bicyclic) bond motifs is 1. The lowest BCUT2D eigenvalue weighted by Gasteiger charge is -2.07. The molecule has 2 heteroatoms. The average Bonchev–Trinajstić information content (AvgIpc) is 2.23. The third kappa shape index (κ3) is 1.54. The number of hydrogen-bond donors (Lipinski definition) is 2. The minimum absolute atomic E-state index is 0.188. The molecule has 0 heterocycles. The molecule has 0 radical (unpaired) electrons. The zero-order chi connectivity index (χ0) is 10.8. The van der Waals surface area contributed by atoms with E-state index in [2.05, 4.69) is 6.58 Å². The Kier molecular flexibility index (Phi) is 2.34. The number of rotatable bonds is 2. The molecular weight excluding hydrogens is 188 g/mol. The van der Waals surface area contributed by atoms with E-state index in [0.717, 1.165) is 5.56 Å². The SMILES string of the molecule is C=CCc1ccc2c(O)cccc2c1O. The summed E-state index contributed by atoms with van der Waals surface area (Å²) in [6, 6.07) is 8.73. The second-order valence-electron chi connectivity index (χ2n) is 3.44. The monoisotopic (exact) mass is 200 g/mol. The summed E-state index contributed by atoms with van der Waals surface area (Å²) in [4.78, 5) is 0. The Labute approximate surface area is 88.1 Å². The van der Waals surface area contributed by atoms with E-state index in [-0.39, 0.29) is 11.5 Å². The van der Waals surface area contributed by atoms with Crippen molar-refractivity contribution in [2.45, 2.75) is 6.42 Å². The van der Waals surface area contributed by atoms with Gasteiger partial charge in [-0.05, 0) is 18.1 Å². The van der Waals surface area contributed by atoms with Gasteiger partial charge in [-0.15, -0.1) is 6.58 Å². The third-order valence-electron chi connectivity index (χ3n) is 2.46. The molecule has 2 N–H and O–H groups in total. The van der Waals surface area contributed by atoms with Crippen LogP contribution in [-0.2, 0) is 6.42 Å². The summed E-state index contributed by atoms with van der Waals surface area (Å²) >= 11 is 0. The quantitative estimate of drug-likeness (QED) is 0.731. The summed E-state index contributed by atoms with van der Waals surface area (Å²) in [5.74, 6) is 0.413. The van der Waals surface area contributed by atoms with Gasteiger partial charge >= 0.3 is 0 Å². The molecule has 0 saturated carbocycles. The van der Waals surface area contributed by atoms with E-state index in [1.165, 1.54) is 0 Å². The van der Waals surface area contributed by atoms with Gasteiger partial charge in [-0.3, -0.25) is 0 Å². The van der Waals surface area contributed by atoms with Crippen molar-refractivity contribution in [3.8, 4) is 11.5 Å². The molecule has 0 aliphatic carbocycles. The van der Waals surface area contributed by atoms with Crippen molar-refractivity contribution in [3.05, 3.63) is 48.6 Å². The molecule has 0 fully saturated rings. The summed E-state index contributed by atoms with van der Waals surface area (Å²) in [5, 5.41) is 20.9. The van der Waals surface area contributed by atoms with Gasteiger partial charge in [0.15, 0.2) is 0 Å². The summed E-state index contributed by atoms with van der Waals surface area (Å²) in [6.07, 6.45) is 2.36. The van der Waals surface area contributed by atoms with Gasteiger partial charge in [0.1, 0.15) is 11.5 Å². The molecule has 2 nitrogen and oxygen atoms in total. The van der Waals surface area contributed by atoms with Crippen LogP contribution in [-0.4, -0.2) is 10.2 Å². The Bertz CT molecular complexity index is 515. The highest BCUT2D eigenvalue weighted by Gasteiger charge is 2.07. The van der Waals surface area contributed by atoms with E-state index in [9.17, 15) is 10.2 Å². The molecule has 0 spiro atoms. The molecule has 76 valence electrons. The van der Waals surface area contributed by atoms with Crippen molar-refractivity contribution in [1.82, 2.24) is 0 Å². The molecule has 0 aromatic heterocycles. The zero-order valence-corrected chi connectivity index (χ0v) is 8.27. The first kappa shape index (κ1) is 9.59. The molecule has 2 aromatic carbocycles. The van der Waals surface area contributed by atoms with Gasteiger partial charge in [-0.1, -0.05) is 30.3 Å². The fourth-order valence-corrected chi connectivity index (χ4v) is 1.69. The number of hydrogen-bond acceptors (Lipinski definition) is 2. The maximum atomic E-state index is 9.95. The van der Waals surface area contributed by atoms with Crippen LogP contribution in [0.1, 0.15) is 5.56 Å². The highest BCUT2D eigenvalue weighted by atomic mass is 16.3. The average molecular weight is 200 g/mol. The zero-order valence-electron chi connectivity index (χ0n) is 8.27. The van der Waals surface area contributed by atoms with Crippen LogP contribution < -0.4 is 0 Å². The van der Waals surface area contributed by atoms with Gasteiger partial charge in [0, 0.05) is 10.8 Å². The molecule has 0 amide bonds. The maximum absolute atomic E-state index is 9.95. The fraction of sp³-hybridized carbons (Fsp3) is 0.0769. The Morgan fingerprint density at radius 1 is 1.07 bits per heavy atom. The lowest BCUT2D eigenvalue weighted by Crippen LogP contribution is -1.84. The summed E-state index contributed by atoms with van der Waals surface area (Å²) in [7, 11) is 0. The maximum Gasteiger partial charge on any atom is 0.127 e. The van der Waals surface area contributed by atoms with Gasteiger partial charge in [-0.25, -0.2) is 0 Å². The number of phenols is 2. The van der Waals surface area contributed by atoms with Crippen molar-refractivity contribution >= 4 is 10.8 Å². The molecule has 0 bridgehead atoms.